The molecule has 1 aliphatic heterocycles. The molecule has 0 aliphatic carbocycles. The van der Waals surface area contributed by atoms with Crippen molar-refractivity contribution in [2.24, 2.45) is 0 Å². The SMILES string of the molecule is CC1CN(CCOc2cc3ncnc(Nc4ccc(F)c(Cl)c4)c3cc2[N+](=O)[O-])CC(=O)O1. The summed E-state index contributed by atoms with van der Waals surface area (Å²) in [5, 5.41) is 15.0. The van der Waals surface area contributed by atoms with Gasteiger partial charge in [0.2, 0.25) is 0 Å². The number of nitrogens with one attached hydrogen (secondary N) is 1. The van der Waals surface area contributed by atoms with E-state index in [1.165, 1.54) is 36.7 Å². The fourth-order valence-electron chi connectivity index (χ4n) is 3.51. The van der Waals surface area contributed by atoms with Gasteiger partial charge in [-0.15, -0.1) is 0 Å². The van der Waals surface area contributed by atoms with Crippen molar-refractivity contribution in [2.75, 3.05) is 31.6 Å². The zero-order valence-corrected chi connectivity index (χ0v) is 18.2. The van der Waals surface area contributed by atoms with Crippen molar-refractivity contribution < 1.29 is 23.6 Å². The molecule has 33 heavy (non-hydrogen) atoms. The lowest BCUT2D eigenvalue weighted by Crippen LogP contribution is -2.45. The highest BCUT2D eigenvalue weighted by molar-refractivity contribution is 6.31. The predicted molar refractivity (Wildman–Crippen MR) is 118 cm³/mol. The molecule has 1 fully saturated rings. The predicted octanol–water partition coefficient (Wildman–Crippen LogP) is 3.70. The minimum Gasteiger partial charge on any atom is -0.485 e. The van der Waals surface area contributed by atoms with E-state index in [2.05, 4.69) is 15.3 Å². The maximum Gasteiger partial charge on any atom is 0.320 e. The molecule has 0 spiro atoms. The third-order valence-corrected chi connectivity index (χ3v) is 5.25. The number of nitrogens with zero attached hydrogens (tertiary/aromatic N) is 4. The number of nitro benzene ring substituents is 1. The van der Waals surface area contributed by atoms with Crippen LogP contribution in [0, 0.1) is 15.9 Å². The summed E-state index contributed by atoms with van der Waals surface area (Å²) < 4.78 is 24.2. The molecule has 10 nitrogen and oxygen atoms in total. The first-order valence-corrected chi connectivity index (χ1v) is 10.4. The van der Waals surface area contributed by atoms with Crippen molar-refractivity contribution in [3.63, 3.8) is 0 Å². The smallest absolute Gasteiger partial charge is 0.320 e. The molecule has 3 aromatic rings. The zero-order chi connectivity index (χ0) is 23.5. The van der Waals surface area contributed by atoms with Gasteiger partial charge >= 0.3 is 11.7 Å². The van der Waals surface area contributed by atoms with Crippen molar-refractivity contribution in [1.82, 2.24) is 14.9 Å². The number of morpholine rings is 1. The van der Waals surface area contributed by atoms with E-state index in [-0.39, 0.29) is 47.5 Å². The molecule has 0 radical (unpaired) electrons. The number of carbonyl (C=O) groups excluding carboxylic acids is 1. The van der Waals surface area contributed by atoms with Crippen LogP contribution >= 0.6 is 11.6 Å². The molecule has 0 saturated carbocycles. The van der Waals surface area contributed by atoms with Crippen LogP contribution in [0.2, 0.25) is 5.02 Å². The Morgan fingerprint density at radius 1 is 1.36 bits per heavy atom. The van der Waals surface area contributed by atoms with E-state index in [4.69, 9.17) is 21.1 Å². The Kier molecular flexibility index (Phi) is 6.52. The molecule has 1 aliphatic rings. The third-order valence-electron chi connectivity index (χ3n) is 4.96. The highest BCUT2D eigenvalue weighted by atomic mass is 35.5. The van der Waals surface area contributed by atoms with Gasteiger partial charge in [-0.05, 0) is 25.1 Å². The number of hydrogen-bond acceptors (Lipinski definition) is 9. The lowest BCUT2D eigenvalue weighted by atomic mass is 10.2. The first-order valence-electron chi connectivity index (χ1n) is 10.00. The van der Waals surface area contributed by atoms with Crippen LogP contribution in [0.5, 0.6) is 5.75 Å². The number of hydrogen-bond donors (Lipinski definition) is 1. The van der Waals surface area contributed by atoms with Gasteiger partial charge in [0.15, 0.2) is 5.75 Å². The minimum absolute atomic E-state index is 0.0506. The fourth-order valence-corrected chi connectivity index (χ4v) is 3.69. The van der Waals surface area contributed by atoms with E-state index in [0.717, 1.165) is 0 Å². The van der Waals surface area contributed by atoms with Gasteiger partial charge in [0, 0.05) is 30.9 Å². The number of benzene rings is 2. The average molecular weight is 476 g/mol. The Hall–Kier alpha value is -3.57. The number of fused-ring (bicyclic) bond motifs is 1. The summed E-state index contributed by atoms with van der Waals surface area (Å²) in [6.45, 7) is 3.03. The number of ether oxygens (including phenoxy) is 2. The monoisotopic (exact) mass is 475 g/mol. The molecule has 0 bridgehead atoms. The molecule has 2 heterocycles. The van der Waals surface area contributed by atoms with Crippen molar-refractivity contribution in [1.29, 1.82) is 0 Å². The van der Waals surface area contributed by atoms with Crippen LogP contribution in [0.15, 0.2) is 36.7 Å². The van der Waals surface area contributed by atoms with Gasteiger partial charge in [-0.25, -0.2) is 14.4 Å². The van der Waals surface area contributed by atoms with Crippen molar-refractivity contribution in [3.8, 4) is 5.75 Å². The van der Waals surface area contributed by atoms with Gasteiger partial charge in [-0.2, -0.15) is 0 Å². The van der Waals surface area contributed by atoms with Crippen LogP contribution in [0.4, 0.5) is 21.6 Å². The second-order valence-electron chi connectivity index (χ2n) is 7.45. The van der Waals surface area contributed by atoms with Crippen molar-refractivity contribution in [3.05, 3.63) is 57.6 Å². The Bertz CT molecular complexity index is 1230. The van der Waals surface area contributed by atoms with Gasteiger partial charge in [-0.3, -0.25) is 19.8 Å². The number of nitro groups is 1. The maximum atomic E-state index is 13.4. The number of carbonyl (C=O) groups is 1. The molecule has 172 valence electrons. The normalized spacial score (nSPS) is 16.5. The highest BCUT2D eigenvalue weighted by Crippen LogP contribution is 2.35. The molecule has 1 atom stereocenters. The Labute approximate surface area is 192 Å². The van der Waals surface area contributed by atoms with Gasteiger partial charge in [0.25, 0.3) is 0 Å². The quantitative estimate of drug-likeness (QED) is 0.310. The van der Waals surface area contributed by atoms with Crippen molar-refractivity contribution in [2.45, 2.75) is 13.0 Å². The second kappa shape index (κ2) is 9.51. The largest absolute Gasteiger partial charge is 0.485 e. The average Bonchev–Trinajstić information content (AvgIpc) is 2.75. The van der Waals surface area contributed by atoms with E-state index < -0.39 is 10.7 Å². The summed E-state index contributed by atoms with van der Waals surface area (Å²) >= 11 is 5.82. The Morgan fingerprint density at radius 3 is 2.91 bits per heavy atom. The van der Waals surface area contributed by atoms with Crippen LogP contribution in [-0.2, 0) is 9.53 Å². The van der Waals surface area contributed by atoms with Crippen molar-refractivity contribution >= 4 is 45.7 Å². The van der Waals surface area contributed by atoms with Crippen LogP contribution in [0.3, 0.4) is 0 Å². The fraction of sp³-hybridized carbons (Fsp3) is 0.286. The summed E-state index contributed by atoms with van der Waals surface area (Å²) in [4.78, 5) is 32.9. The lowest BCUT2D eigenvalue weighted by molar-refractivity contribution is -0.385. The van der Waals surface area contributed by atoms with Gasteiger partial charge in [0.1, 0.15) is 30.7 Å². The molecule has 1 unspecified atom stereocenters. The summed E-state index contributed by atoms with van der Waals surface area (Å²) in [7, 11) is 0. The van der Waals surface area contributed by atoms with E-state index in [1.54, 1.807) is 6.92 Å². The van der Waals surface area contributed by atoms with Crippen LogP contribution in [-0.4, -0.2) is 58.1 Å². The Balaban J connectivity index is 1.56. The summed E-state index contributed by atoms with van der Waals surface area (Å²) in [5.74, 6) is -0.541. The van der Waals surface area contributed by atoms with Gasteiger partial charge in [-0.1, -0.05) is 11.6 Å². The molecular formula is C21H19ClFN5O5. The van der Waals surface area contributed by atoms with E-state index in [1.807, 2.05) is 4.90 Å². The van der Waals surface area contributed by atoms with Gasteiger partial charge in [0.05, 0.1) is 27.4 Å². The molecular weight excluding hydrogens is 457 g/mol. The topological polar surface area (TPSA) is 120 Å². The van der Waals surface area contributed by atoms with Gasteiger partial charge < -0.3 is 14.8 Å². The molecule has 12 heteroatoms. The van der Waals surface area contributed by atoms with E-state index >= 15 is 0 Å². The summed E-state index contributed by atoms with van der Waals surface area (Å²) in [5.41, 5.74) is 0.610. The molecule has 1 N–H and O–H groups in total. The number of esters is 1. The first kappa shape index (κ1) is 22.6. The van der Waals surface area contributed by atoms with Crippen LogP contribution in [0.25, 0.3) is 10.9 Å². The Morgan fingerprint density at radius 2 is 2.18 bits per heavy atom. The molecule has 1 aromatic heterocycles. The molecule has 0 amide bonds. The minimum atomic E-state index is -0.567. The first-order chi connectivity index (χ1) is 15.8. The summed E-state index contributed by atoms with van der Waals surface area (Å²) in [6.07, 6.45) is 1.08. The van der Waals surface area contributed by atoms with Crippen LogP contribution in [0.1, 0.15) is 6.92 Å². The number of cyclic esters (lactones) is 1. The van der Waals surface area contributed by atoms with Crippen LogP contribution < -0.4 is 10.1 Å². The lowest BCUT2D eigenvalue weighted by Gasteiger charge is -2.29. The number of aromatic nitrogens is 2. The second-order valence-corrected chi connectivity index (χ2v) is 7.86. The van der Waals surface area contributed by atoms with E-state index in [9.17, 15) is 19.3 Å². The highest BCUT2D eigenvalue weighted by Gasteiger charge is 2.24. The molecule has 1 saturated heterocycles. The number of anilines is 2. The molecule has 4 rings (SSSR count). The third kappa shape index (κ3) is 5.26. The summed E-state index contributed by atoms with van der Waals surface area (Å²) in [6, 6.07) is 6.83. The zero-order valence-electron chi connectivity index (χ0n) is 17.5. The maximum absolute atomic E-state index is 13.4. The van der Waals surface area contributed by atoms with E-state index in [0.29, 0.717) is 29.7 Å². The molecule has 2 aromatic carbocycles. The standard InChI is InChI=1S/C21H19ClFN5O5/c1-12-9-27(10-20(29)33-12)4-5-32-19-8-17-14(7-18(19)28(30)31)21(25-11-24-17)26-13-2-3-16(23)15(22)6-13/h2-3,6-8,11-12H,4-5,9-10H2,1H3,(H,24,25,26). The number of halogens is 2. The number of rotatable bonds is 7.